The van der Waals surface area contributed by atoms with E-state index in [1.807, 2.05) is 36.5 Å². The summed E-state index contributed by atoms with van der Waals surface area (Å²) >= 11 is 6.05. The molecule has 2 amide bonds. The fourth-order valence-corrected chi connectivity index (χ4v) is 2.47. The summed E-state index contributed by atoms with van der Waals surface area (Å²) in [4.78, 5) is 23.4. The summed E-state index contributed by atoms with van der Waals surface area (Å²) in [6.07, 6.45) is 1.81. The van der Waals surface area contributed by atoms with Gasteiger partial charge in [-0.1, -0.05) is 23.7 Å². The van der Waals surface area contributed by atoms with Gasteiger partial charge in [0.2, 0.25) is 0 Å². The zero-order valence-corrected chi connectivity index (χ0v) is 13.8. The van der Waals surface area contributed by atoms with Gasteiger partial charge in [0, 0.05) is 36.9 Å². The van der Waals surface area contributed by atoms with Crippen LogP contribution in [0.3, 0.4) is 0 Å². The van der Waals surface area contributed by atoms with E-state index in [4.69, 9.17) is 11.6 Å². The molecule has 2 aromatic heterocycles. The number of hydrogen-bond donors (Lipinski definition) is 4. The Hall–Kier alpha value is -2.80. The molecule has 0 fully saturated rings. The van der Waals surface area contributed by atoms with Crippen LogP contribution in [0.1, 0.15) is 0 Å². The molecule has 124 valence electrons. The largest absolute Gasteiger partial charge is 0.368 e. The van der Waals surface area contributed by atoms with Crippen molar-refractivity contribution in [1.82, 2.24) is 25.6 Å². The van der Waals surface area contributed by atoms with Crippen molar-refractivity contribution in [3.8, 4) is 11.4 Å². The fraction of sp³-hybridized carbons (Fsp3) is 0.188. The average molecular weight is 345 g/mol. The SMILES string of the molecule is CNC(=O)NCCNc1nc(-c2cccc(Cl)c2)nc2[nH]ccc12. The summed E-state index contributed by atoms with van der Waals surface area (Å²) in [5, 5.41) is 9.97. The fourth-order valence-electron chi connectivity index (χ4n) is 2.28. The molecule has 0 saturated carbocycles. The summed E-state index contributed by atoms with van der Waals surface area (Å²) in [7, 11) is 1.58. The zero-order valence-electron chi connectivity index (χ0n) is 13.1. The average Bonchev–Trinajstić information content (AvgIpc) is 3.07. The molecular weight excluding hydrogens is 328 g/mol. The lowest BCUT2D eigenvalue weighted by Gasteiger charge is -2.10. The number of nitrogens with zero attached hydrogens (tertiary/aromatic N) is 2. The maximum atomic E-state index is 11.2. The molecule has 0 aliphatic carbocycles. The molecule has 3 rings (SSSR count). The van der Waals surface area contributed by atoms with Gasteiger partial charge in [-0.3, -0.25) is 0 Å². The van der Waals surface area contributed by atoms with Crippen molar-refractivity contribution >= 4 is 34.5 Å². The van der Waals surface area contributed by atoms with Gasteiger partial charge in [0.15, 0.2) is 5.82 Å². The van der Waals surface area contributed by atoms with Crippen molar-refractivity contribution < 1.29 is 4.79 Å². The lowest BCUT2D eigenvalue weighted by molar-refractivity contribution is 0.243. The van der Waals surface area contributed by atoms with E-state index in [-0.39, 0.29) is 6.03 Å². The first-order valence-corrected chi connectivity index (χ1v) is 7.85. The summed E-state index contributed by atoms with van der Waals surface area (Å²) in [6, 6.07) is 9.09. The van der Waals surface area contributed by atoms with Crippen LogP contribution in [0.5, 0.6) is 0 Å². The Kier molecular flexibility index (Phi) is 4.81. The number of hydrogen-bond acceptors (Lipinski definition) is 4. The van der Waals surface area contributed by atoms with Crippen LogP contribution in [0.15, 0.2) is 36.5 Å². The molecule has 8 heteroatoms. The first-order chi connectivity index (χ1) is 11.7. The number of carbonyl (C=O) groups is 1. The molecule has 7 nitrogen and oxygen atoms in total. The third-order valence-electron chi connectivity index (χ3n) is 3.43. The Bertz CT molecular complexity index is 863. The predicted octanol–water partition coefficient (Wildman–Crippen LogP) is 2.62. The van der Waals surface area contributed by atoms with E-state index in [0.717, 1.165) is 16.6 Å². The molecule has 3 aromatic rings. The van der Waals surface area contributed by atoms with Crippen molar-refractivity contribution in [2.45, 2.75) is 0 Å². The van der Waals surface area contributed by atoms with E-state index >= 15 is 0 Å². The van der Waals surface area contributed by atoms with Crippen molar-refractivity contribution in [1.29, 1.82) is 0 Å². The number of benzene rings is 1. The van der Waals surface area contributed by atoms with Crippen molar-refractivity contribution in [2.24, 2.45) is 0 Å². The summed E-state index contributed by atoms with van der Waals surface area (Å²) in [6.45, 7) is 1.02. The van der Waals surface area contributed by atoms with Gasteiger partial charge < -0.3 is 20.9 Å². The van der Waals surface area contributed by atoms with Crippen LogP contribution in [0.25, 0.3) is 22.4 Å². The summed E-state index contributed by atoms with van der Waals surface area (Å²) < 4.78 is 0. The Morgan fingerprint density at radius 3 is 2.92 bits per heavy atom. The maximum Gasteiger partial charge on any atom is 0.314 e. The van der Waals surface area contributed by atoms with Gasteiger partial charge in [-0.2, -0.15) is 0 Å². The Balaban J connectivity index is 1.84. The van der Waals surface area contributed by atoms with Crippen LogP contribution in [0, 0.1) is 0 Å². The first kappa shape index (κ1) is 16.1. The molecule has 0 aliphatic heterocycles. The Morgan fingerprint density at radius 1 is 1.25 bits per heavy atom. The molecule has 0 radical (unpaired) electrons. The van der Waals surface area contributed by atoms with Crippen LogP contribution >= 0.6 is 11.6 Å². The minimum atomic E-state index is -0.217. The van der Waals surface area contributed by atoms with Crippen LogP contribution in [-0.4, -0.2) is 41.1 Å². The van der Waals surface area contributed by atoms with E-state index in [1.54, 1.807) is 7.05 Å². The number of carbonyl (C=O) groups excluding carboxylic acids is 1. The highest BCUT2D eigenvalue weighted by Gasteiger charge is 2.10. The number of nitrogens with one attached hydrogen (secondary N) is 4. The monoisotopic (exact) mass is 344 g/mol. The maximum absolute atomic E-state index is 11.2. The standard InChI is InChI=1S/C16H17ClN6O/c1-18-16(24)21-8-7-20-15-12-5-6-19-14(12)22-13(23-15)10-3-2-4-11(17)9-10/h2-6,9H,7-8H2,1H3,(H2,18,21,24)(H2,19,20,22,23). The number of amides is 2. The van der Waals surface area contributed by atoms with Gasteiger partial charge in [-0.25, -0.2) is 14.8 Å². The highest BCUT2D eigenvalue weighted by atomic mass is 35.5. The number of aromatic nitrogens is 3. The quantitative estimate of drug-likeness (QED) is 0.535. The molecule has 0 atom stereocenters. The highest BCUT2D eigenvalue weighted by Crippen LogP contribution is 2.25. The van der Waals surface area contributed by atoms with E-state index in [0.29, 0.717) is 29.8 Å². The van der Waals surface area contributed by atoms with Gasteiger partial charge >= 0.3 is 6.03 Å². The minimum absolute atomic E-state index is 0.217. The molecule has 0 spiro atoms. The van der Waals surface area contributed by atoms with Gasteiger partial charge in [-0.05, 0) is 18.2 Å². The smallest absolute Gasteiger partial charge is 0.314 e. The topological polar surface area (TPSA) is 94.7 Å². The van der Waals surface area contributed by atoms with Crippen molar-refractivity contribution in [2.75, 3.05) is 25.5 Å². The highest BCUT2D eigenvalue weighted by molar-refractivity contribution is 6.30. The number of urea groups is 1. The molecule has 24 heavy (non-hydrogen) atoms. The number of rotatable bonds is 5. The van der Waals surface area contributed by atoms with Gasteiger partial charge in [0.1, 0.15) is 11.5 Å². The molecule has 0 unspecified atom stereocenters. The minimum Gasteiger partial charge on any atom is -0.368 e. The van der Waals surface area contributed by atoms with E-state index in [9.17, 15) is 4.79 Å². The van der Waals surface area contributed by atoms with Crippen LogP contribution in [0.2, 0.25) is 5.02 Å². The molecular formula is C16H17ClN6O. The normalized spacial score (nSPS) is 10.6. The third-order valence-corrected chi connectivity index (χ3v) is 3.66. The Labute approximate surface area is 143 Å². The molecule has 0 aliphatic rings. The van der Waals surface area contributed by atoms with E-state index in [2.05, 4.69) is 30.9 Å². The third kappa shape index (κ3) is 3.57. The molecule has 1 aromatic carbocycles. The second kappa shape index (κ2) is 7.18. The number of fused-ring (bicyclic) bond motifs is 1. The Morgan fingerprint density at radius 2 is 2.12 bits per heavy atom. The zero-order chi connectivity index (χ0) is 16.9. The first-order valence-electron chi connectivity index (χ1n) is 7.48. The number of halogens is 1. The van der Waals surface area contributed by atoms with E-state index < -0.39 is 0 Å². The van der Waals surface area contributed by atoms with E-state index in [1.165, 1.54) is 0 Å². The van der Waals surface area contributed by atoms with Gasteiger partial charge in [0.25, 0.3) is 0 Å². The predicted molar refractivity (Wildman–Crippen MR) is 95.3 cm³/mol. The number of anilines is 1. The summed E-state index contributed by atoms with van der Waals surface area (Å²) in [5.74, 6) is 1.28. The molecule has 2 heterocycles. The van der Waals surface area contributed by atoms with Crippen LogP contribution in [0.4, 0.5) is 10.6 Å². The molecule has 4 N–H and O–H groups in total. The lowest BCUT2D eigenvalue weighted by atomic mass is 10.2. The lowest BCUT2D eigenvalue weighted by Crippen LogP contribution is -2.35. The van der Waals surface area contributed by atoms with Gasteiger partial charge in [-0.15, -0.1) is 0 Å². The number of aromatic amines is 1. The van der Waals surface area contributed by atoms with Gasteiger partial charge in [0.05, 0.1) is 5.39 Å². The van der Waals surface area contributed by atoms with Crippen LogP contribution in [-0.2, 0) is 0 Å². The number of H-pyrrole nitrogens is 1. The molecule has 0 saturated heterocycles. The second-order valence-electron chi connectivity index (χ2n) is 5.08. The van der Waals surface area contributed by atoms with Crippen LogP contribution < -0.4 is 16.0 Å². The van der Waals surface area contributed by atoms with Crippen molar-refractivity contribution in [3.05, 3.63) is 41.6 Å². The molecule has 0 bridgehead atoms. The van der Waals surface area contributed by atoms with Crippen molar-refractivity contribution in [3.63, 3.8) is 0 Å². The second-order valence-corrected chi connectivity index (χ2v) is 5.52. The summed E-state index contributed by atoms with van der Waals surface area (Å²) in [5.41, 5.74) is 1.58.